The summed E-state index contributed by atoms with van der Waals surface area (Å²) in [5.74, 6) is 1.43. The molecule has 1 aliphatic rings. The minimum atomic E-state index is -0.127. The zero-order valence-corrected chi connectivity index (χ0v) is 14.0. The molecule has 1 amide bonds. The number of benzene rings is 1. The van der Waals surface area contributed by atoms with Crippen LogP contribution in [0.1, 0.15) is 40.1 Å². The van der Waals surface area contributed by atoms with Crippen molar-refractivity contribution < 1.29 is 4.79 Å². The van der Waals surface area contributed by atoms with Gasteiger partial charge in [-0.1, -0.05) is 6.92 Å². The highest BCUT2D eigenvalue weighted by Gasteiger charge is 2.20. The number of amides is 1. The topological polar surface area (TPSA) is 70.7 Å². The molecule has 0 radical (unpaired) electrons. The van der Waals surface area contributed by atoms with Gasteiger partial charge in [0.2, 0.25) is 0 Å². The number of aromatic amines is 1. The number of carbonyl (C=O) groups excluding carboxylic acids is 1. The SMILES string of the molecule is Cc1nc2ccc(C(=O)Nc3nc4c(s3)CC(C)CC4)cc2[nH]1. The lowest BCUT2D eigenvalue weighted by Gasteiger charge is -2.15. The van der Waals surface area contributed by atoms with Gasteiger partial charge in [-0.15, -0.1) is 11.3 Å². The van der Waals surface area contributed by atoms with Gasteiger partial charge in [-0.3, -0.25) is 10.1 Å². The molecule has 5 nitrogen and oxygen atoms in total. The summed E-state index contributed by atoms with van der Waals surface area (Å²) >= 11 is 1.61. The molecule has 2 N–H and O–H groups in total. The van der Waals surface area contributed by atoms with E-state index in [1.165, 1.54) is 11.3 Å². The number of hydrogen-bond acceptors (Lipinski definition) is 4. The van der Waals surface area contributed by atoms with Gasteiger partial charge in [-0.2, -0.15) is 0 Å². The Kier molecular flexibility index (Phi) is 3.41. The first-order valence-corrected chi connectivity index (χ1v) is 8.66. The molecule has 0 bridgehead atoms. The minimum Gasteiger partial charge on any atom is -0.342 e. The van der Waals surface area contributed by atoms with Gasteiger partial charge in [-0.05, 0) is 50.3 Å². The lowest BCUT2D eigenvalue weighted by atomic mass is 9.93. The van der Waals surface area contributed by atoms with Crippen LogP contribution in [0.4, 0.5) is 5.13 Å². The van der Waals surface area contributed by atoms with Crippen LogP contribution in [0.25, 0.3) is 11.0 Å². The van der Waals surface area contributed by atoms with Crippen molar-refractivity contribution in [1.29, 1.82) is 0 Å². The number of imidazole rings is 1. The average Bonchev–Trinajstić information content (AvgIpc) is 3.07. The Bertz CT molecular complexity index is 895. The van der Waals surface area contributed by atoms with Crippen LogP contribution in [0, 0.1) is 12.8 Å². The third-order valence-corrected chi connectivity index (χ3v) is 5.30. The van der Waals surface area contributed by atoms with E-state index < -0.39 is 0 Å². The van der Waals surface area contributed by atoms with Crippen LogP contribution in [0.2, 0.25) is 0 Å². The average molecular weight is 326 g/mol. The third-order valence-electron chi connectivity index (χ3n) is 4.27. The van der Waals surface area contributed by atoms with Gasteiger partial charge < -0.3 is 4.98 Å². The molecule has 0 spiro atoms. The highest BCUT2D eigenvalue weighted by atomic mass is 32.1. The standard InChI is InChI=1S/C17H18N4OS/c1-9-3-5-13-15(7-9)23-17(20-13)21-16(22)11-4-6-12-14(8-11)19-10(2)18-12/h4,6,8-9H,3,5,7H2,1-2H3,(H,18,19)(H,20,21,22). The van der Waals surface area contributed by atoms with Gasteiger partial charge in [0.05, 0.1) is 16.7 Å². The van der Waals surface area contributed by atoms with Crippen LogP contribution in [0.5, 0.6) is 0 Å². The summed E-state index contributed by atoms with van der Waals surface area (Å²) in [5.41, 5.74) is 3.52. The van der Waals surface area contributed by atoms with Gasteiger partial charge in [0.1, 0.15) is 5.82 Å². The molecule has 1 atom stereocenters. The van der Waals surface area contributed by atoms with Crippen molar-refractivity contribution in [1.82, 2.24) is 15.0 Å². The van der Waals surface area contributed by atoms with Crippen LogP contribution in [0.15, 0.2) is 18.2 Å². The minimum absolute atomic E-state index is 0.127. The molecule has 1 aromatic carbocycles. The number of nitrogens with zero attached hydrogens (tertiary/aromatic N) is 2. The molecule has 3 aromatic rings. The highest BCUT2D eigenvalue weighted by molar-refractivity contribution is 7.15. The van der Waals surface area contributed by atoms with E-state index in [4.69, 9.17) is 0 Å². The van der Waals surface area contributed by atoms with Crippen LogP contribution in [-0.2, 0) is 12.8 Å². The fraction of sp³-hybridized carbons (Fsp3) is 0.353. The fourth-order valence-electron chi connectivity index (χ4n) is 3.04. The molecule has 23 heavy (non-hydrogen) atoms. The molecule has 2 heterocycles. The van der Waals surface area contributed by atoms with E-state index in [1.807, 2.05) is 19.1 Å². The molecule has 0 saturated heterocycles. The molecule has 0 fully saturated rings. The molecule has 0 saturated carbocycles. The molecular formula is C17H18N4OS. The Morgan fingerprint density at radius 3 is 3.13 bits per heavy atom. The smallest absolute Gasteiger partial charge is 0.257 e. The van der Waals surface area contributed by atoms with E-state index in [0.29, 0.717) is 16.6 Å². The van der Waals surface area contributed by atoms with Crippen LogP contribution >= 0.6 is 11.3 Å². The molecule has 1 aliphatic carbocycles. The molecule has 0 aliphatic heterocycles. The number of nitrogens with one attached hydrogen (secondary N) is 2. The summed E-state index contributed by atoms with van der Waals surface area (Å²) in [5, 5.41) is 3.64. The number of hydrogen-bond donors (Lipinski definition) is 2. The van der Waals surface area contributed by atoms with Crippen molar-refractivity contribution in [2.45, 2.75) is 33.1 Å². The zero-order valence-electron chi connectivity index (χ0n) is 13.1. The summed E-state index contributed by atoms with van der Waals surface area (Å²) < 4.78 is 0. The summed E-state index contributed by atoms with van der Waals surface area (Å²) in [4.78, 5) is 25.9. The van der Waals surface area contributed by atoms with Crippen LogP contribution < -0.4 is 5.32 Å². The predicted molar refractivity (Wildman–Crippen MR) is 92.1 cm³/mol. The van der Waals surface area contributed by atoms with Gasteiger partial charge in [-0.25, -0.2) is 9.97 Å². The monoisotopic (exact) mass is 326 g/mol. The van der Waals surface area contributed by atoms with Gasteiger partial charge in [0.25, 0.3) is 5.91 Å². The van der Waals surface area contributed by atoms with Gasteiger partial charge in [0.15, 0.2) is 5.13 Å². The number of aromatic nitrogens is 3. The Morgan fingerprint density at radius 1 is 1.39 bits per heavy atom. The van der Waals surface area contributed by atoms with Crippen molar-refractivity contribution in [2.75, 3.05) is 5.32 Å². The quantitative estimate of drug-likeness (QED) is 0.754. The molecular weight excluding hydrogens is 308 g/mol. The van der Waals surface area contributed by atoms with E-state index in [1.54, 1.807) is 17.4 Å². The first-order valence-electron chi connectivity index (χ1n) is 7.85. The number of carbonyl (C=O) groups is 1. The van der Waals surface area contributed by atoms with Crippen molar-refractivity contribution in [3.8, 4) is 0 Å². The predicted octanol–water partition coefficient (Wildman–Crippen LogP) is 3.70. The number of fused-ring (bicyclic) bond motifs is 2. The normalized spacial score (nSPS) is 17.2. The lowest BCUT2D eigenvalue weighted by Crippen LogP contribution is -2.12. The largest absolute Gasteiger partial charge is 0.342 e. The molecule has 4 rings (SSSR count). The Balaban J connectivity index is 1.56. The van der Waals surface area contributed by atoms with Crippen LogP contribution in [0.3, 0.4) is 0 Å². The number of aryl methyl sites for hydroxylation is 2. The fourth-order valence-corrected chi connectivity index (χ4v) is 4.21. The second-order valence-electron chi connectivity index (χ2n) is 6.25. The zero-order chi connectivity index (χ0) is 16.0. The van der Waals surface area contributed by atoms with Crippen molar-refractivity contribution >= 4 is 33.4 Å². The van der Waals surface area contributed by atoms with Crippen molar-refractivity contribution in [2.24, 2.45) is 5.92 Å². The van der Waals surface area contributed by atoms with Crippen molar-refractivity contribution in [3.05, 3.63) is 40.2 Å². The van der Waals surface area contributed by atoms with E-state index in [2.05, 4.69) is 27.2 Å². The third kappa shape index (κ3) is 2.74. The maximum Gasteiger partial charge on any atom is 0.257 e. The summed E-state index contributed by atoms with van der Waals surface area (Å²) in [6, 6.07) is 5.50. The summed E-state index contributed by atoms with van der Waals surface area (Å²) in [7, 11) is 0. The Hall–Kier alpha value is -2.21. The van der Waals surface area contributed by atoms with Crippen molar-refractivity contribution in [3.63, 3.8) is 0 Å². The number of H-pyrrole nitrogens is 1. The van der Waals surface area contributed by atoms with E-state index in [0.717, 1.165) is 35.4 Å². The first kappa shape index (κ1) is 14.4. The molecule has 1 unspecified atom stereocenters. The van der Waals surface area contributed by atoms with Crippen LogP contribution in [-0.4, -0.2) is 20.9 Å². The lowest BCUT2D eigenvalue weighted by molar-refractivity contribution is 0.102. The molecule has 2 aromatic heterocycles. The summed E-state index contributed by atoms with van der Waals surface area (Å²) in [6.07, 6.45) is 3.27. The number of anilines is 1. The second kappa shape index (κ2) is 5.45. The van der Waals surface area contributed by atoms with Gasteiger partial charge in [0, 0.05) is 10.4 Å². The maximum atomic E-state index is 12.5. The van der Waals surface area contributed by atoms with E-state index in [9.17, 15) is 4.79 Å². The van der Waals surface area contributed by atoms with E-state index in [-0.39, 0.29) is 5.91 Å². The highest BCUT2D eigenvalue weighted by Crippen LogP contribution is 2.32. The number of rotatable bonds is 2. The Labute approximate surface area is 138 Å². The van der Waals surface area contributed by atoms with E-state index >= 15 is 0 Å². The second-order valence-corrected chi connectivity index (χ2v) is 7.33. The van der Waals surface area contributed by atoms with Gasteiger partial charge >= 0.3 is 0 Å². The number of thiazole rings is 1. The Morgan fingerprint density at radius 2 is 2.26 bits per heavy atom. The summed E-state index contributed by atoms with van der Waals surface area (Å²) in [6.45, 7) is 4.17. The molecule has 118 valence electrons. The first-order chi connectivity index (χ1) is 11.1. The maximum absolute atomic E-state index is 12.5. The molecule has 6 heteroatoms.